The lowest BCUT2D eigenvalue weighted by Crippen LogP contribution is -2.30. The largest absolute Gasteiger partial charge is 0.383 e. The van der Waals surface area contributed by atoms with E-state index >= 15 is 0 Å². The van der Waals surface area contributed by atoms with Gasteiger partial charge in [-0.1, -0.05) is 18.9 Å². The SMILES string of the molecule is CCN(CC)C(=O)c1cccc(NC(C)CC2CC2)c1. The molecule has 110 valence electrons. The third-order valence-electron chi connectivity index (χ3n) is 3.96. The molecule has 1 fully saturated rings. The van der Waals surface area contributed by atoms with E-state index < -0.39 is 0 Å². The Hall–Kier alpha value is -1.51. The quantitative estimate of drug-likeness (QED) is 0.821. The topological polar surface area (TPSA) is 32.3 Å². The first-order valence-electron chi connectivity index (χ1n) is 7.79. The van der Waals surface area contributed by atoms with Crippen LogP contribution >= 0.6 is 0 Å². The number of nitrogens with one attached hydrogen (secondary N) is 1. The Balaban J connectivity index is 2.00. The van der Waals surface area contributed by atoms with Crippen molar-refractivity contribution in [2.45, 2.75) is 46.1 Å². The number of rotatable bonds is 7. The number of carbonyl (C=O) groups is 1. The summed E-state index contributed by atoms with van der Waals surface area (Å²) in [7, 11) is 0. The van der Waals surface area contributed by atoms with Crippen LogP contribution in [0.3, 0.4) is 0 Å². The Kier molecular flexibility index (Phi) is 5.05. The Bertz CT molecular complexity index is 450. The van der Waals surface area contributed by atoms with Gasteiger partial charge in [-0.3, -0.25) is 4.79 Å². The Morgan fingerprint density at radius 1 is 1.35 bits per heavy atom. The number of benzene rings is 1. The van der Waals surface area contributed by atoms with Crippen LogP contribution in [0.15, 0.2) is 24.3 Å². The molecule has 0 bridgehead atoms. The minimum absolute atomic E-state index is 0.119. The second kappa shape index (κ2) is 6.78. The van der Waals surface area contributed by atoms with Crippen molar-refractivity contribution in [2.75, 3.05) is 18.4 Å². The number of anilines is 1. The number of nitrogens with zero attached hydrogens (tertiary/aromatic N) is 1. The molecule has 0 spiro atoms. The highest BCUT2D eigenvalue weighted by Gasteiger charge is 2.23. The summed E-state index contributed by atoms with van der Waals surface area (Å²) in [5.74, 6) is 1.03. The van der Waals surface area contributed by atoms with Gasteiger partial charge in [-0.2, -0.15) is 0 Å². The van der Waals surface area contributed by atoms with Crippen molar-refractivity contribution in [3.63, 3.8) is 0 Å². The summed E-state index contributed by atoms with van der Waals surface area (Å²) in [5, 5.41) is 3.51. The number of hydrogen-bond acceptors (Lipinski definition) is 2. The van der Waals surface area contributed by atoms with Crippen LogP contribution in [0, 0.1) is 5.92 Å². The van der Waals surface area contributed by atoms with E-state index in [9.17, 15) is 4.79 Å². The molecule has 1 unspecified atom stereocenters. The summed E-state index contributed by atoms with van der Waals surface area (Å²) in [5.41, 5.74) is 1.83. The molecular weight excluding hydrogens is 248 g/mol. The molecule has 0 saturated heterocycles. The molecule has 2 rings (SSSR count). The van der Waals surface area contributed by atoms with Gasteiger partial charge in [0.25, 0.3) is 5.91 Å². The lowest BCUT2D eigenvalue weighted by Gasteiger charge is -2.20. The molecule has 1 amide bonds. The minimum Gasteiger partial charge on any atom is -0.383 e. The summed E-state index contributed by atoms with van der Waals surface area (Å²) in [4.78, 5) is 14.2. The van der Waals surface area contributed by atoms with Gasteiger partial charge in [-0.05, 0) is 51.3 Å². The van der Waals surface area contributed by atoms with E-state index in [1.165, 1.54) is 19.3 Å². The highest BCUT2D eigenvalue weighted by Crippen LogP contribution is 2.34. The first-order chi connectivity index (χ1) is 9.63. The Morgan fingerprint density at radius 3 is 2.65 bits per heavy atom. The maximum atomic E-state index is 12.3. The van der Waals surface area contributed by atoms with Crippen molar-refractivity contribution in [1.82, 2.24) is 4.90 Å². The second-order valence-corrected chi connectivity index (χ2v) is 5.78. The molecule has 0 aliphatic heterocycles. The molecule has 1 aliphatic rings. The highest BCUT2D eigenvalue weighted by atomic mass is 16.2. The monoisotopic (exact) mass is 274 g/mol. The van der Waals surface area contributed by atoms with Gasteiger partial charge in [-0.15, -0.1) is 0 Å². The molecule has 1 aromatic carbocycles. The van der Waals surface area contributed by atoms with Crippen LogP contribution in [0.5, 0.6) is 0 Å². The summed E-state index contributed by atoms with van der Waals surface area (Å²) >= 11 is 0. The van der Waals surface area contributed by atoms with Gasteiger partial charge in [0.15, 0.2) is 0 Å². The fourth-order valence-electron chi connectivity index (χ4n) is 2.63. The number of amides is 1. The zero-order valence-corrected chi connectivity index (χ0v) is 12.9. The predicted molar refractivity (Wildman–Crippen MR) is 84.1 cm³/mol. The van der Waals surface area contributed by atoms with Gasteiger partial charge in [0.05, 0.1) is 0 Å². The highest BCUT2D eigenvalue weighted by molar-refractivity contribution is 5.95. The second-order valence-electron chi connectivity index (χ2n) is 5.78. The van der Waals surface area contributed by atoms with Crippen molar-refractivity contribution in [1.29, 1.82) is 0 Å². The van der Waals surface area contributed by atoms with E-state index in [0.29, 0.717) is 6.04 Å². The lowest BCUT2D eigenvalue weighted by molar-refractivity contribution is 0.0773. The molecule has 0 heterocycles. The standard InChI is InChI=1S/C17H26N2O/c1-4-19(5-2)17(20)15-7-6-8-16(12-15)18-13(3)11-14-9-10-14/h6-8,12-14,18H,4-5,9-11H2,1-3H3. The smallest absolute Gasteiger partial charge is 0.253 e. The zero-order chi connectivity index (χ0) is 14.5. The molecule has 1 N–H and O–H groups in total. The van der Waals surface area contributed by atoms with E-state index in [0.717, 1.165) is 30.3 Å². The first kappa shape index (κ1) is 14.9. The van der Waals surface area contributed by atoms with Crippen LogP contribution < -0.4 is 5.32 Å². The maximum absolute atomic E-state index is 12.3. The Labute approximate surface area is 122 Å². The van der Waals surface area contributed by atoms with Crippen molar-refractivity contribution in [3.05, 3.63) is 29.8 Å². The van der Waals surface area contributed by atoms with Crippen molar-refractivity contribution in [3.8, 4) is 0 Å². The van der Waals surface area contributed by atoms with Crippen LogP contribution in [-0.2, 0) is 0 Å². The van der Waals surface area contributed by atoms with Crippen molar-refractivity contribution >= 4 is 11.6 Å². The van der Waals surface area contributed by atoms with E-state index in [4.69, 9.17) is 0 Å². The summed E-state index contributed by atoms with van der Waals surface area (Å²) in [6.07, 6.45) is 3.99. The van der Waals surface area contributed by atoms with Crippen molar-refractivity contribution in [2.24, 2.45) is 5.92 Å². The van der Waals surface area contributed by atoms with E-state index in [-0.39, 0.29) is 5.91 Å². The molecular formula is C17H26N2O. The molecule has 3 nitrogen and oxygen atoms in total. The molecule has 0 radical (unpaired) electrons. The number of hydrogen-bond donors (Lipinski definition) is 1. The Morgan fingerprint density at radius 2 is 2.05 bits per heavy atom. The molecule has 1 saturated carbocycles. The average molecular weight is 274 g/mol. The van der Waals surface area contributed by atoms with Gasteiger partial charge in [0.2, 0.25) is 0 Å². The third kappa shape index (κ3) is 3.99. The van der Waals surface area contributed by atoms with E-state index in [1.807, 2.05) is 43.0 Å². The summed E-state index contributed by atoms with van der Waals surface area (Å²) < 4.78 is 0. The predicted octanol–water partition coefficient (Wildman–Crippen LogP) is 3.77. The molecule has 3 heteroatoms. The first-order valence-corrected chi connectivity index (χ1v) is 7.79. The maximum Gasteiger partial charge on any atom is 0.253 e. The van der Waals surface area contributed by atoms with Crippen LogP contribution in [0.2, 0.25) is 0 Å². The molecule has 0 aromatic heterocycles. The van der Waals surface area contributed by atoms with Gasteiger partial charge >= 0.3 is 0 Å². The van der Waals surface area contributed by atoms with Crippen LogP contribution in [0.25, 0.3) is 0 Å². The fourth-order valence-corrected chi connectivity index (χ4v) is 2.63. The van der Waals surface area contributed by atoms with Gasteiger partial charge < -0.3 is 10.2 Å². The van der Waals surface area contributed by atoms with Gasteiger partial charge in [0, 0.05) is 30.4 Å². The molecule has 20 heavy (non-hydrogen) atoms. The fraction of sp³-hybridized carbons (Fsp3) is 0.588. The summed E-state index contributed by atoms with van der Waals surface area (Å²) in [6.45, 7) is 7.76. The molecule has 1 aromatic rings. The van der Waals surface area contributed by atoms with Crippen LogP contribution in [-0.4, -0.2) is 29.9 Å². The van der Waals surface area contributed by atoms with E-state index in [1.54, 1.807) is 0 Å². The van der Waals surface area contributed by atoms with E-state index in [2.05, 4.69) is 12.2 Å². The van der Waals surface area contributed by atoms with Crippen LogP contribution in [0.4, 0.5) is 5.69 Å². The third-order valence-corrected chi connectivity index (χ3v) is 3.96. The zero-order valence-electron chi connectivity index (χ0n) is 12.9. The summed E-state index contributed by atoms with van der Waals surface area (Å²) in [6, 6.07) is 8.36. The minimum atomic E-state index is 0.119. The molecule has 1 aliphatic carbocycles. The van der Waals surface area contributed by atoms with Crippen molar-refractivity contribution < 1.29 is 4.79 Å². The lowest BCUT2D eigenvalue weighted by atomic mass is 10.1. The normalized spacial score (nSPS) is 15.8. The average Bonchev–Trinajstić information content (AvgIpc) is 3.24. The molecule has 1 atom stereocenters. The van der Waals surface area contributed by atoms with Crippen LogP contribution in [0.1, 0.15) is 50.4 Å². The van der Waals surface area contributed by atoms with Gasteiger partial charge in [-0.25, -0.2) is 0 Å². The number of carbonyl (C=O) groups excluding carboxylic acids is 1. The van der Waals surface area contributed by atoms with Gasteiger partial charge in [0.1, 0.15) is 0 Å².